The van der Waals surface area contributed by atoms with E-state index in [1.54, 1.807) is 0 Å². The maximum absolute atomic E-state index is 5.19. The van der Waals surface area contributed by atoms with Crippen LogP contribution in [-0.4, -0.2) is 15.0 Å². The van der Waals surface area contributed by atoms with E-state index in [0.717, 1.165) is 22.3 Å². The molecule has 3 heteroatoms. The van der Waals surface area contributed by atoms with Gasteiger partial charge in [-0.05, 0) is 78.9 Å². The molecule has 2 aliphatic rings. The van der Waals surface area contributed by atoms with Gasteiger partial charge in [0.05, 0.1) is 10.8 Å². The van der Waals surface area contributed by atoms with E-state index in [2.05, 4.69) is 200 Å². The van der Waals surface area contributed by atoms with Crippen molar-refractivity contribution in [1.82, 2.24) is 15.0 Å². The van der Waals surface area contributed by atoms with Crippen molar-refractivity contribution in [3.8, 4) is 56.4 Å². The number of aromatic nitrogens is 3. The van der Waals surface area contributed by atoms with E-state index in [9.17, 15) is 0 Å². The van der Waals surface area contributed by atoms with E-state index >= 15 is 0 Å². The van der Waals surface area contributed by atoms with Crippen molar-refractivity contribution >= 4 is 0 Å². The van der Waals surface area contributed by atoms with Crippen LogP contribution in [0.3, 0.4) is 0 Å². The van der Waals surface area contributed by atoms with E-state index < -0.39 is 10.8 Å². The minimum absolute atomic E-state index is 0.546. The molecule has 62 heavy (non-hydrogen) atoms. The Morgan fingerprint density at radius 1 is 0.226 bits per heavy atom. The van der Waals surface area contributed by atoms with Gasteiger partial charge in [0.15, 0.2) is 17.5 Å². The van der Waals surface area contributed by atoms with Gasteiger partial charge >= 0.3 is 0 Å². The quantitative estimate of drug-likeness (QED) is 0.161. The molecule has 12 rings (SSSR count). The van der Waals surface area contributed by atoms with Gasteiger partial charge in [0.2, 0.25) is 0 Å². The third-order valence-electron chi connectivity index (χ3n) is 13.1. The van der Waals surface area contributed by atoms with Crippen molar-refractivity contribution in [3.63, 3.8) is 0 Å². The van der Waals surface area contributed by atoms with Crippen LogP contribution < -0.4 is 0 Å². The number of hydrogen-bond acceptors (Lipinski definition) is 3. The molecule has 9 aromatic carbocycles. The SMILES string of the molecule is c1ccc(-c2nc(-c3ccccc3)nc(-c3ccc4c(c3)-c3cc(C5(c6ccccc6)c6ccccc6-c6ccccc65)ccc3C4(c3ccccc3)c3ccccc3)n2)cc1. The van der Waals surface area contributed by atoms with E-state index in [1.807, 2.05) is 36.4 Å². The number of benzene rings is 9. The Bertz CT molecular complexity index is 3130. The second-order valence-electron chi connectivity index (χ2n) is 16.2. The maximum Gasteiger partial charge on any atom is 0.164 e. The molecule has 0 saturated heterocycles. The summed E-state index contributed by atoms with van der Waals surface area (Å²) < 4.78 is 0. The fourth-order valence-electron chi connectivity index (χ4n) is 10.5. The molecule has 0 amide bonds. The molecule has 10 aromatic rings. The van der Waals surface area contributed by atoms with Crippen molar-refractivity contribution in [3.05, 3.63) is 281 Å². The Morgan fingerprint density at radius 2 is 0.565 bits per heavy atom. The predicted octanol–water partition coefficient (Wildman–Crippen LogP) is 13.6. The Hall–Kier alpha value is -8.01. The molecule has 290 valence electrons. The van der Waals surface area contributed by atoms with Crippen LogP contribution in [0.4, 0.5) is 0 Å². The number of nitrogens with zero attached hydrogens (tertiary/aromatic N) is 3. The minimum atomic E-state index is -0.584. The maximum atomic E-state index is 5.19. The Kier molecular flexibility index (Phi) is 8.29. The summed E-state index contributed by atoms with van der Waals surface area (Å²) in [5.41, 5.74) is 16.6. The highest BCUT2D eigenvalue weighted by molar-refractivity contribution is 5.91. The van der Waals surface area contributed by atoms with Crippen molar-refractivity contribution in [2.75, 3.05) is 0 Å². The number of hydrogen-bond donors (Lipinski definition) is 0. The summed E-state index contributed by atoms with van der Waals surface area (Å²) in [7, 11) is 0. The predicted molar refractivity (Wildman–Crippen MR) is 251 cm³/mol. The molecule has 1 aromatic heterocycles. The van der Waals surface area contributed by atoms with E-state index in [0.29, 0.717) is 17.5 Å². The van der Waals surface area contributed by atoms with Crippen LogP contribution >= 0.6 is 0 Å². The van der Waals surface area contributed by atoms with Crippen LogP contribution in [0.5, 0.6) is 0 Å². The number of rotatable bonds is 7. The van der Waals surface area contributed by atoms with Crippen LogP contribution in [0.25, 0.3) is 56.4 Å². The summed E-state index contributed by atoms with van der Waals surface area (Å²) in [6, 6.07) is 85.6. The molecule has 0 radical (unpaired) electrons. The fourth-order valence-corrected chi connectivity index (χ4v) is 10.5. The minimum Gasteiger partial charge on any atom is -0.208 e. The molecule has 0 atom stereocenters. The molecule has 1 heterocycles. The molecule has 3 nitrogen and oxygen atoms in total. The summed E-state index contributed by atoms with van der Waals surface area (Å²) in [6.45, 7) is 0. The normalized spacial score (nSPS) is 13.7. The lowest BCUT2D eigenvalue weighted by atomic mass is 9.65. The molecule has 0 fully saturated rings. The highest BCUT2D eigenvalue weighted by atomic mass is 15.0. The van der Waals surface area contributed by atoms with Crippen LogP contribution in [0.15, 0.2) is 237 Å². The average molecular weight is 790 g/mol. The summed E-state index contributed by atoms with van der Waals surface area (Å²) in [4.78, 5) is 15.4. The molecule has 2 aliphatic carbocycles. The zero-order valence-electron chi connectivity index (χ0n) is 33.9. The molecule has 0 N–H and O–H groups in total. The first-order valence-electron chi connectivity index (χ1n) is 21.3. The Balaban J connectivity index is 1.16. The zero-order valence-corrected chi connectivity index (χ0v) is 33.9. The Labute approximate surface area is 361 Å². The van der Waals surface area contributed by atoms with Gasteiger partial charge in [-0.15, -0.1) is 0 Å². The highest BCUT2D eigenvalue weighted by Crippen LogP contribution is 2.60. The fraction of sp³-hybridized carbons (Fsp3) is 0.0339. The standard InChI is InChI=1S/C59H39N3/c1-6-20-40(21-7-1)55-60-56(41-22-8-2-9-23-41)62-57(61-55)42-34-36-53-49(38-42)50-39-46(35-37-54(50)58(53,43-24-10-3-11-25-43)44-26-12-4-13-27-44)59(45-28-14-5-15-29-45)51-32-18-16-30-47(51)48-31-17-19-33-52(48)59/h1-39H. The highest BCUT2D eigenvalue weighted by Gasteiger charge is 2.50. The van der Waals surface area contributed by atoms with Crippen LogP contribution in [0.2, 0.25) is 0 Å². The summed E-state index contributed by atoms with van der Waals surface area (Å²) in [6.07, 6.45) is 0. The monoisotopic (exact) mass is 789 g/mol. The lowest BCUT2D eigenvalue weighted by Crippen LogP contribution is -2.30. The second-order valence-corrected chi connectivity index (χ2v) is 16.2. The van der Waals surface area contributed by atoms with Crippen LogP contribution in [-0.2, 0) is 10.8 Å². The van der Waals surface area contributed by atoms with E-state index in [4.69, 9.17) is 15.0 Å². The second kappa shape index (κ2) is 14.3. The van der Waals surface area contributed by atoms with Gasteiger partial charge in [-0.25, -0.2) is 15.0 Å². The van der Waals surface area contributed by atoms with Gasteiger partial charge < -0.3 is 0 Å². The number of fused-ring (bicyclic) bond motifs is 6. The van der Waals surface area contributed by atoms with Gasteiger partial charge in [-0.2, -0.15) is 0 Å². The van der Waals surface area contributed by atoms with E-state index in [1.165, 1.54) is 61.2 Å². The van der Waals surface area contributed by atoms with Crippen molar-refractivity contribution in [2.45, 2.75) is 10.8 Å². The average Bonchev–Trinajstić information content (AvgIpc) is 3.83. The molecule has 0 unspecified atom stereocenters. The smallest absolute Gasteiger partial charge is 0.164 e. The first-order valence-corrected chi connectivity index (χ1v) is 21.3. The van der Waals surface area contributed by atoms with Crippen LogP contribution in [0.1, 0.15) is 44.5 Å². The molecular weight excluding hydrogens is 751 g/mol. The van der Waals surface area contributed by atoms with Gasteiger partial charge in [0.1, 0.15) is 0 Å². The summed E-state index contributed by atoms with van der Waals surface area (Å²) in [5.74, 6) is 1.92. The van der Waals surface area contributed by atoms with Gasteiger partial charge in [0, 0.05) is 16.7 Å². The molecule has 0 bridgehead atoms. The van der Waals surface area contributed by atoms with Gasteiger partial charge in [0.25, 0.3) is 0 Å². The van der Waals surface area contributed by atoms with Crippen LogP contribution in [0, 0.1) is 0 Å². The lowest BCUT2D eigenvalue weighted by Gasteiger charge is -2.36. The largest absolute Gasteiger partial charge is 0.208 e. The molecule has 0 spiro atoms. The summed E-state index contributed by atoms with van der Waals surface area (Å²) in [5, 5.41) is 0. The lowest BCUT2D eigenvalue weighted by molar-refractivity contribution is 0.754. The topological polar surface area (TPSA) is 38.7 Å². The third kappa shape index (κ3) is 5.28. The Morgan fingerprint density at radius 3 is 1.03 bits per heavy atom. The van der Waals surface area contributed by atoms with E-state index in [-0.39, 0.29) is 0 Å². The summed E-state index contributed by atoms with van der Waals surface area (Å²) >= 11 is 0. The van der Waals surface area contributed by atoms with Gasteiger partial charge in [-0.3, -0.25) is 0 Å². The molecule has 0 aliphatic heterocycles. The zero-order chi connectivity index (χ0) is 41.1. The van der Waals surface area contributed by atoms with Gasteiger partial charge in [-0.1, -0.05) is 224 Å². The van der Waals surface area contributed by atoms with Crippen molar-refractivity contribution in [1.29, 1.82) is 0 Å². The first kappa shape index (κ1) is 35.9. The third-order valence-corrected chi connectivity index (χ3v) is 13.1. The molecule has 0 saturated carbocycles. The first-order chi connectivity index (χ1) is 30.7. The van der Waals surface area contributed by atoms with Crippen molar-refractivity contribution < 1.29 is 0 Å². The molecular formula is C59H39N3. The van der Waals surface area contributed by atoms with Crippen molar-refractivity contribution in [2.24, 2.45) is 0 Å².